The van der Waals surface area contributed by atoms with E-state index in [1.165, 1.54) is 12.1 Å². The molecule has 0 saturated heterocycles. The molecule has 1 aliphatic rings. The molecule has 3 rings (SSSR count). The molecule has 1 heterocycles. The Morgan fingerprint density at radius 3 is 2.62 bits per heavy atom. The number of hydrogen-bond donors (Lipinski definition) is 1. The van der Waals surface area contributed by atoms with Gasteiger partial charge < -0.3 is 15.2 Å². The predicted molar refractivity (Wildman–Crippen MR) is 79.9 cm³/mol. The Morgan fingerprint density at radius 2 is 1.86 bits per heavy atom. The molecule has 3 nitrogen and oxygen atoms in total. The maximum Gasteiger partial charge on any atom is 0.161 e. The van der Waals surface area contributed by atoms with Crippen LogP contribution >= 0.6 is 0 Å². The highest BCUT2D eigenvalue weighted by Crippen LogP contribution is 2.35. The summed E-state index contributed by atoms with van der Waals surface area (Å²) >= 11 is 0. The lowest BCUT2D eigenvalue weighted by atomic mass is 9.99. The van der Waals surface area contributed by atoms with Crippen LogP contribution in [0.3, 0.4) is 0 Å². The fourth-order valence-electron chi connectivity index (χ4n) is 2.43. The second kappa shape index (κ2) is 5.74. The molecule has 2 N–H and O–H groups in total. The zero-order valence-electron chi connectivity index (χ0n) is 11.9. The Labute approximate surface area is 123 Å². The van der Waals surface area contributed by atoms with Gasteiger partial charge in [0.1, 0.15) is 5.82 Å². The highest BCUT2D eigenvalue weighted by molar-refractivity contribution is 5.70. The summed E-state index contributed by atoms with van der Waals surface area (Å²) in [7, 11) is 0. The van der Waals surface area contributed by atoms with Gasteiger partial charge in [0.05, 0.1) is 13.2 Å². The smallest absolute Gasteiger partial charge is 0.161 e. The summed E-state index contributed by atoms with van der Waals surface area (Å²) in [5, 5.41) is 0. The van der Waals surface area contributed by atoms with Gasteiger partial charge in [0.15, 0.2) is 11.5 Å². The Kier molecular flexibility index (Phi) is 3.80. The van der Waals surface area contributed by atoms with Gasteiger partial charge in [-0.3, -0.25) is 0 Å². The van der Waals surface area contributed by atoms with E-state index in [0.29, 0.717) is 25.7 Å². The molecule has 0 bridgehead atoms. The lowest BCUT2D eigenvalue weighted by Crippen LogP contribution is -2.12. The minimum atomic E-state index is -0.276. The Morgan fingerprint density at radius 1 is 1.10 bits per heavy atom. The molecule has 0 aromatic heterocycles. The van der Waals surface area contributed by atoms with Crippen molar-refractivity contribution >= 4 is 0 Å². The van der Waals surface area contributed by atoms with Gasteiger partial charge in [-0.05, 0) is 41.0 Å². The minimum Gasteiger partial charge on any atom is -0.489 e. The number of fused-ring (bicyclic) bond motifs is 1. The number of rotatable bonds is 2. The van der Waals surface area contributed by atoms with Crippen molar-refractivity contribution in [1.82, 2.24) is 0 Å². The summed E-state index contributed by atoms with van der Waals surface area (Å²) in [5.41, 5.74) is 8.36. The van der Waals surface area contributed by atoms with Crippen LogP contribution in [-0.2, 0) is 6.54 Å². The lowest BCUT2D eigenvalue weighted by Gasteiger charge is -2.12. The third-order valence-electron chi connectivity index (χ3n) is 3.59. The number of hydrogen-bond acceptors (Lipinski definition) is 3. The highest BCUT2D eigenvalue weighted by atomic mass is 19.1. The number of benzene rings is 2. The molecule has 21 heavy (non-hydrogen) atoms. The topological polar surface area (TPSA) is 44.5 Å². The highest BCUT2D eigenvalue weighted by Gasteiger charge is 2.16. The summed E-state index contributed by atoms with van der Waals surface area (Å²) in [6.45, 7) is 3.65. The standard InChI is InChI=1S/C17H18FNO2/c1-11-9-20-16-5-2-12(7-17(16)21-10-11)15-4-3-14(18)6-13(15)8-19/h2-7,11H,8-10,19H2,1H3. The van der Waals surface area contributed by atoms with E-state index >= 15 is 0 Å². The van der Waals surface area contributed by atoms with Crippen molar-refractivity contribution in [3.05, 3.63) is 47.8 Å². The molecular formula is C17H18FNO2. The zero-order valence-corrected chi connectivity index (χ0v) is 11.9. The zero-order chi connectivity index (χ0) is 14.8. The van der Waals surface area contributed by atoms with Crippen LogP contribution < -0.4 is 15.2 Å². The van der Waals surface area contributed by atoms with Crippen LogP contribution in [0.2, 0.25) is 0 Å². The quantitative estimate of drug-likeness (QED) is 0.921. The second-order valence-electron chi connectivity index (χ2n) is 5.39. The molecule has 0 aliphatic carbocycles. The summed E-state index contributed by atoms with van der Waals surface area (Å²) in [4.78, 5) is 0. The molecular weight excluding hydrogens is 269 g/mol. The van der Waals surface area contributed by atoms with Crippen LogP contribution in [0, 0.1) is 11.7 Å². The van der Waals surface area contributed by atoms with E-state index in [4.69, 9.17) is 15.2 Å². The Balaban J connectivity index is 2.01. The fourth-order valence-corrected chi connectivity index (χ4v) is 2.43. The van der Waals surface area contributed by atoms with E-state index in [1.807, 2.05) is 18.2 Å². The average molecular weight is 287 g/mol. The predicted octanol–water partition coefficient (Wildman–Crippen LogP) is 3.36. The van der Waals surface area contributed by atoms with Gasteiger partial charge in [0.25, 0.3) is 0 Å². The van der Waals surface area contributed by atoms with E-state index in [1.54, 1.807) is 6.07 Å². The second-order valence-corrected chi connectivity index (χ2v) is 5.39. The van der Waals surface area contributed by atoms with Crippen molar-refractivity contribution < 1.29 is 13.9 Å². The Bertz CT molecular complexity index is 657. The third kappa shape index (κ3) is 2.85. The summed E-state index contributed by atoms with van der Waals surface area (Å²) in [5.74, 6) is 1.55. The summed E-state index contributed by atoms with van der Waals surface area (Å²) in [6.07, 6.45) is 0. The average Bonchev–Trinajstić information content (AvgIpc) is 2.69. The van der Waals surface area contributed by atoms with Crippen molar-refractivity contribution in [2.45, 2.75) is 13.5 Å². The van der Waals surface area contributed by atoms with Crippen molar-refractivity contribution in [2.24, 2.45) is 11.7 Å². The van der Waals surface area contributed by atoms with Crippen LogP contribution in [0.1, 0.15) is 12.5 Å². The van der Waals surface area contributed by atoms with Gasteiger partial charge in [0, 0.05) is 12.5 Å². The van der Waals surface area contributed by atoms with Crippen molar-refractivity contribution in [2.75, 3.05) is 13.2 Å². The molecule has 1 unspecified atom stereocenters. The van der Waals surface area contributed by atoms with E-state index in [2.05, 4.69) is 6.92 Å². The molecule has 0 radical (unpaired) electrons. The number of nitrogens with two attached hydrogens (primary N) is 1. The first-order chi connectivity index (χ1) is 10.2. The normalized spacial score (nSPS) is 17.4. The third-order valence-corrected chi connectivity index (χ3v) is 3.59. The molecule has 0 fully saturated rings. The van der Waals surface area contributed by atoms with Crippen molar-refractivity contribution in [3.8, 4) is 22.6 Å². The van der Waals surface area contributed by atoms with E-state index < -0.39 is 0 Å². The largest absolute Gasteiger partial charge is 0.489 e. The molecule has 2 aromatic carbocycles. The SMILES string of the molecule is CC1COc2ccc(-c3ccc(F)cc3CN)cc2OC1. The molecule has 110 valence electrons. The van der Waals surface area contributed by atoms with Gasteiger partial charge in [0.2, 0.25) is 0 Å². The van der Waals surface area contributed by atoms with Crippen molar-refractivity contribution in [3.63, 3.8) is 0 Å². The first-order valence-corrected chi connectivity index (χ1v) is 7.06. The van der Waals surface area contributed by atoms with Gasteiger partial charge in [-0.2, -0.15) is 0 Å². The fraction of sp³-hybridized carbons (Fsp3) is 0.294. The van der Waals surface area contributed by atoms with E-state index in [0.717, 1.165) is 28.2 Å². The molecule has 1 aliphatic heterocycles. The van der Waals surface area contributed by atoms with Crippen LogP contribution in [0.5, 0.6) is 11.5 Å². The van der Waals surface area contributed by atoms with Gasteiger partial charge in [-0.1, -0.05) is 19.1 Å². The van der Waals surface area contributed by atoms with Crippen LogP contribution in [0.25, 0.3) is 11.1 Å². The van der Waals surface area contributed by atoms with Crippen LogP contribution in [-0.4, -0.2) is 13.2 Å². The number of ether oxygens (including phenoxy) is 2. The van der Waals surface area contributed by atoms with E-state index in [-0.39, 0.29) is 5.82 Å². The Hall–Kier alpha value is -2.07. The molecule has 4 heteroatoms. The van der Waals surface area contributed by atoms with Gasteiger partial charge >= 0.3 is 0 Å². The maximum absolute atomic E-state index is 13.3. The van der Waals surface area contributed by atoms with Gasteiger partial charge in [-0.15, -0.1) is 0 Å². The number of halogens is 1. The first kappa shape index (κ1) is 13.9. The van der Waals surface area contributed by atoms with Crippen LogP contribution in [0.4, 0.5) is 4.39 Å². The molecule has 0 saturated carbocycles. The van der Waals surface area contributed by atoms with Gasteiger partial charge in [-0.25, -0.2) is 4.39 Å². The van der Waals surface area contributed by atoms with Crippen LogP contribution in [0.15, 0.2) is 36.4 Å². The summed E-state index contributed by atoms with van der Waals surface area (Å²) < 4.78 is 24.8. The monoisotopic (exact) mass is 287 g/mol. The maximum atomic E-state index is 13.3. The molecule has 0 spiro atoms. The summed E-state index contributed by atoms with van der Waals surface area (Å²) in [6, 6.07) is 10.4. The molecule has 2 aromatic rings. The van der Waals surface area contributed by atoms with Crippen molar-refractivity contribution in [1.29, 1.82) is 0 Å². The minimum absolute atomic E-state index is 0.276. The molecule has 1 atom stereocenters. The lowest BCUT2D eigenvalue weighted by molar-refractivity contribution is 0.228. The van der Waals surface area contributed by atoms with E-state index in [9.17, 15) is 4.39 Å². The first-order valence-electron chi connectivity index (χ1n) is 7.06. The molecule has 0 amide bonds.